The van der Waals surface area contributed by atoms with Crippen molar-refractivity contribution in [3.8, 4) is 5.75 Å². The van der Waals surface area contributed by atoms with Crippen molar-refractivity contribution in [1.82, 2.24) is 0 Å². The minimum absolute atomic E-state index is 0.174. The van der Waals surface area contributed by atoms with Crippen LogP contribution in [0.1, 0.15) is 18.5 Å². The van der Waals surface area contributed by atoms with Gasteiger partial charge in [0.2, 0.25) is 0 Å². The molecule has 1 rings (SSSR count). The highest BCUT2D eigenvalue weighted by molar-refractivity contribution is 9.11. The molecule has 0 aliphatic carbocycles. The van der Waals surface area contributed by atoms with Crippen molar-refractivity contribution in [2.75, 3.05) is 0 Å². The van der Waals surface area contributed by atoms with E-state index in [0.717, 1.165) is 14.5 Å². The molecule has 4 heteroatoms. The number of halogens is 2. The molecule has 0 heterocycles. The minimum Gasteiger partial charge on any atom is -0.508 e. The van der Waals surface area contributed by atoms with E-state index in [1.165, 1.54) is 0 Å². The maximum absolute atomic E-state index is 9.50. The van der Waals surface area contributed by atoms with Crippen LogP contribution in [0.2, 0.25) is 0 Å². The number of phenolic OH excluding ortho intramolecular Hbond substituents is 1. The number of rotatable bonds is 1. The normalized spacial score (nSPS) is 13.0. The van der Waals surface area contributed by atoms with E-state index < -0.39 is 0 Å². The number of aromatic hydroxyl groups is 1. The van der Waals surface area contributed by atoms with E-state index in [-0.39, 0.29) is 11.8 Å². The van der Waals surface area contributed by atoms with Gasteiger partial charge in [-0.2, -0.15) is 0 Å². The first-order valence-corrected chi connectivity index (χ1v) is 5.04. The van der Waals surface area contributed by atoms with Crippen LogP contribution in [0.5, 0.6) is 5.75 Å². The maximum atomic E-state index is 9.50. The van der Waals surface area contributed by atoms with Crippen LogP contribution >= 0.6 is 31.9 Å². The molecule has 1 atom stereocenters. The van der Waals surface area contributed by atoms with Gasteiger partial charge in [0.15, 0.2) is 0 Å². The lowest BCUT2D eigenvalue weighted by Crippen LogP contribution is -2.05. The van der Waals surface area contributed by atoms with E-state index in [4.69, 9.17) is 5.73 Å². The third-order valence-corrected chi connectivity index (χ3v) is 2.64. The molecule has 12 heavy (non-hydrogen) atoms. The zero-order chi connectivity index (χ0) is 9.30. The Morgan fingerprint density at radius 1 is 1.42 bits per heavy atom. The summed E-state index contributed by atoms with van der Waals surface area (Å²) < 4.78 is 1.65. The number of hydrogen-bond acceptors (Lipinski definition) is 2. The Labute approximate surface area is 88.0 Å². The summed E-state index contributed by atoms with van der Waals surface area (Å²) in [5, 5.41) is 9.50. The van der Waals surface area contributed by atoms with Crippen molar-refractivity contribution in [3.63, 3.8) is 0 Å². The van der Waals surface area contributed by atoms with Gasteiger partial charge in [-0.3, -0.25) is 0 Å². The zero-order valence-electron chi connectivity index (χ0n) is 6.51. The van der Waals surface area contributed by atoms with Crippen molar-refractivity contribution >= 4 is 31.9 Å². The van der Waals surface area contributed by atoms with Crippen LogP contribution in [0.25, 0.3) is 0 Å². The molecular weight excluding hydrogens is 286 g/mol. The molecule has 1 aromatic rings. The number of phenols is 1. The van der Waals surface area contributed by atoms with Crippen LogP contribution < -0.4 is 5.73 Å². The summed E-state index contributed by atoms with van der Waals surface area (Å²) in [5.74, 6) is 0.214. The Bertz CT molecular complexity index is 276. The highest BCUT2D eigenvalue weighted by Crippen LogP contribution is 2.33. The fraction of sp³-hybridized carbons (Fsp3) is 0.250. The largest absolute Gasteiger partial charge is 0.508 e. The standard InChI is InChI=1S/C8H9Br2NO/c1-4(11)8-6(10)2-5(9)3-7(8)12/h2-4,12H,11H2,1H3/t4-/m0/s1. The molecule has 66 valence electrons. The molecule has 0 radical (unpaired) electrons. The first kappa shape index (κ1) is 10.0. The van der Waals surface area contributed by atoms with Gasteiger partial charge in [-0.05, 0) is 19.1 Å². The Hall–Kier alpha value is -0.0600. The van der Waals surface area contributed by atoms with Gasteiger partial charge in [0.25, 0.3) is 0 Å². The monoisotopic (exact) mass is 293 g/mol. The van der Waals surface area contributed by atoms with E-state index in [2.05, 4.69) is 31.9 Å². The minimum atomic E-state index is -0.174. The van der Waals surface area contributed by atoms with Crippen LogP contribution in [0.4, 0.5) is 0 Å². The molecule has 0 aliphatic rings. The summed E-state index contributed by atoms with van der Waals surface area (Å²) in [5.41, 5.74) is 6.39. The fourth-order valence-electron chi connectivity index (χ4n) is 1.02. The van der Waals surface area contributed by atoms with Crippen molar-refractivity contribution < 1.29 is 5.11 Å². The molecule has 0 spiro atoms. The van der Waals surface area contributed by atoms with Gasteiger partial charge in [-0.25, -0.2) is 0 Å². The lowest BCUT2D eigenvalue weighted by atomic mass is 10.1. The summed E-state index contributed by atoms with van der Waals surface area (Å²) in [6.45, 7) is 1.83. The smallest absolute Gasteiger partial charge is 0.122 e. The number of benzene rings is 1. The second kappa shape index (κ2) is 3.77. The first-order chi connectivity index (χ1) is 5.52. The van der Waals surface area contributed by atoms with Crippen LogP contribution in [-0.2, 0) is 0 Å². The predicted octanol–water partition coefficient (Wildman–Crippen LogP) is 2.94. The van der Waals surface area contributed by atoms with Gasteiger partial charge in [0, 0.05) is 20.6 Å². The maximum Gasteiger partial charge on any atom is 0.122 e. The molecule has 0 amide bonds. The predicted molar refractivity (Wildman–Crippen MR) is 56.1 cm³/mol. The van der Waals surface area contributed by atoms with Gasteiger partial charge in [-0.1, -0.05) is 31.9 Å². The lowest BCUT2D eigenvalue weighted by Gasteiger charge is -2.10. The van der Waals surface area contributed by atoms with Gasteiger partial charge in [0.1, 0.15) is 5.75 Å². The van der Waals surface area contributed by atoms with E-state index in [0.29, 0.717) is 0 Å². The molecule has 0 saturated carbocycles. The summed E-state index contributed by atoms with van der Waals surface area (Å²) in [6.07, 6.45) is 0. The molecule has 1 aromatic carbocycles. The van der Waals surface area contributed by atoms with E-state index in [1.807, 2.05) is 13.0 Å². The Kier molecular flexibility index (Phi) is 3.15. The van der Waals surface area contributed by atoms with Gasteiger partial charge in [0.05, 0.1) is 0 Å². The second-order valence-corrected chi connectivity index (χ2v) is 4.38. The van der Waals surface area contributed by atoms with Crippen LogP contribution in [0, 0.1) is 0 Å². The average Bonchev–Trinajstić information content (AvgIpc) is 1.82. The van der Waals surface area contributed by atoms with Gasteiger partial charge >= 0.3 is 0 Å². The Balaban J connectivity index is 3.28. The molecule has 3 N–H and O–H groups in total. The van der Waals surface area contributed by atoms with Crippen LogP contribution in [0.15, 0.2) is 21.1 Å². The summed E-state index contributed by atoms with van der Waals surface area (Å²) in [6, 6.07) is 3.31. The summed E-state index contributed by atoms with van der Waals surface area (Å²) >= 11 is 6.59. The molecule has 0 aromatic heterocycles. The third kappa shape index (κ3) is 2.00. The van der Waals surface area contributed by atoms with Crippen LogP contribution in [-0.4, -0.2) is 5.11 Å². The molecule has 2 nitrogen and oxygen atoms in total. The molecule has 0 aliphatic heterocycles. The second-order valence-electron chi connectivity index (χ2n) is 2.61. The highest BCUT2D eigenvalue weighted by Gasteiger charge is 2.11. The molecule has 0 fully saturated rings. The highest BCUT2D eigenvalue weighted by atomic mass is 79.9. The lowest BCUT2D eigenvalue weighted by molar-refractivity contribution is 0.462. The first-order valence-electron chi connectivity index (χ1n) is 3.46. The fourth-order valence-corrected chi connectivity index (χ4v) is 2.59. The molecular formula is C8H9Br2NO. The molecule has 0 unspecified atom stereocenters. The Morgan fingerprint density at radius 2 is 2.00 bits per heavy atom. The van der Waals surface area contributed by atoms with Crippen molar-refractivity contribution in [3.05, 3.63) is 26.6 Å². The topological polar surface area (TPSA) is 46.2 Å². The van der Waals surface area contributed by atoms with Crippen LogP contribution in [0.3, 0.4) is 0 Å². The summed E-state index contributed by atoms with van der Waals surface area (Å²) in [4.78, 5) is 0. The van der Waals surface area contributed by atoms with Crippen molar-refractivity contribution in [2.24, 2.45) is 5.73 Å². The zero-order valence-corrected chi connectivity index (χ0v) is 9.68. The van der Waals surface area contributed by atoms with Gasteiger partial charge < -0.3 is 10.8 Å². The van der Waals surface area contributed by atoms with Crippen molar-refractivity contribution in [1.29, 1.82) is 0 Å². The SMILES string of the molecule is C[C@H](N)c1c(O)cc(Br)cc1Br. The van der Waals surface area contributed by atoms with Crippen molar-refractivity contribution in [2.45, 2.75) is 13.0 Å². The van der Waals surface area contributed by atoms with Gasteiger partial charge in [-0.15, -0.1) is 0 Å². The average molecular weight is 295 g/mol. The quantitative estimate of drug-likeness (QED) is 0.836. The number of nitrogens with two attached hydrogens (primary N) is 1. The van der Waals surface area contributed by atoms with E-state index in [1.54, 1.807) is 6.07 Å². The van der Waals surface area contributed by atoms with E-state index >= 15 is 0 Å². The third-order valence-electron chi connectivity index (χ3n) is 1.53. The van der Waals surface area contributed by atoms with E-state index in [9.17, 15) is 5.11 Å². The number of hydrogen-bond donors (Lipinski definition) is 2. The molecule has 0 bridgehead atoms. The molecule has 0 saturated heterocycles. The summed E-state index contributed by atoms with van der Waals surface area (Å²) in [7, 11) is 0. The Morgan fingerprint density at radius 3 is 2.42 bits per heavy atom.